The van der Waals surface area contributed by atoms with E-state index in [1.165, 1.54) is 53.0 Å². The normalized spacial score (nSPS) is 20.0. The van der Waals surface area contributed by atoms with Gasteiger partial charge in [0, 0.05) is 30.5 Å². The van der Waals surface area contributed by atoms with Crippen molar-refractivity contribution in [3.63, 3.8) is 0 Å². The molecule has 42 heavy (non-hydrogen) atoms. The van der Waals surface area contributed by atoms with Crippen molar-refractivity contribution in [2.24, 2.45) is 11.3 Å². The summed E-state index contributed by atoms with van der Waals surface area (Å²) in [6.07, 6.45) is 21.0. The number of halogens is 2. The topological polar surface area (TPSA) is 18.5 Å². The van der Waals surface area contributed by atoms with Crippen LogP contribution in [0.15, 0.2) is 77.9 Å². The standard InChI is InChI=1S/C35H52O2Si2.2ClH.Zr/c1-7-38(8-2,9-3)36-27-17-26-35(28-37-39(10-4,11-5)12-6,33-24-22-29-18-13-15-20-31(29)33)34-25-23-30-19-14-16-21-32(30)34;;;/h13-16,18-25,31,34H,7-12,17,26-28H2,1-6H3;2*1H;/q;;;+2/p-2. The molecule has 0 saturated heterocycles. The number of rotatable bonds is 16. The molecule has 2 nitrogen and oxygen atoms in total. The van der Waals surface area contributed by atoms with E-state index in [4.69, 9.17) is 8.85 Å². The molecule has 1 aromatic carbocycles. The Kier molecular flexibility index (Phi) is 17.1. The van der Waals surface area contributed by atoms with Crippen LogP contribution in [0.5, 0.6) is 0 Å². The molecule has 3 aliphatic carbocycles. The SMILES string of the molecule is CC[Si](CC)(CC)OCCCC(CO[Si](CC)(CC)CC)(C1=CC=C2C=CC=CC21)C1C=Cc2ccccc21.[Cl-].[Cl-].[Zr+2]. The summed E-state index contributed by atoms with van der Waals surface area (Å²) < 4.78 is 14.1. The minimum absolute atomic E-state index is 0. The van der Waals surface area contributed by atoms with Crippen molar-refractivity contribution in [2.75, 3.05) is 13.2 Å². The maximum atomic E-state index is 7.29. The Labute approximate surface area is 290 Å². The third kappa shape index (κ3) is 8.11. The first-order chi connectivity index (χ1) is 19.0. The number of benzene rings is 1. The van der Waals surface area contributed by atoms with Crippen molar-refractivity contribution in [1.29, 1.82) is 0 Å². The molecule has 3 aliphatic rings. The zero-order chi connectivity index (χ0) is 27.9. The number of hydrogen-bond acceptors (Lipinski definition) is 2. The Hall–Kier alpha value is -0.263. The molecule has 0 spiro atoms. The summed E-state index contributed by atoms with van der Waals surface area (Å²) in [5.41, 5.74) is 5.69. The first-order valence-electron chi connectivity index (χ1n) is 15.8. The molecule has 0 aromatic heterocycles. The average Bonchev–Trinajstić information content (AvgIpc) is 3.63. The Morgan fingerprint density at radius 3 is 2.00 bits per heavy atom. The van der Waals surface area contributed by atoms with Crippen LogP contribution in [0.25, 0.3) is 6.08 Å². The molecule has 230 valence electrons. The van der Waals surface area contributed by atoms with Crippen molar-refractivity contribution in [3.05, 3.63) is 89.1 Å². The van der Waals surface area contributed by atoms with Crippen molar-refractivity contribution >= 4 is 22.7 Å². The number of allylic oxidation sites excluding steroid dienone is 8. The van der Waals surface area contributed by atoms with Gasteiger partial charge in [-0.2, -0.15) is 0 Å². The fraction of sp³-hybridized carbons (Fsp3) is 0.543. The van der Waals surface area contributed by atoms with Gasteiger partial charge in [-0.15, -0.1) is 0 Å². The Morgan fingerprint density at radius 1 is 0.738 bits per heavy atom. The summed E-state index contributed by atoms with van der Waals surface area (Å²) in [5.74, 6) is 0.659. The van der Waals surface area contributed by atoms with Gasteiger partial charge in [0.25, 0.3) is 0 Å². The van der Waals surface area contributed by atoms with Crippen LogP contribution in [0, 0.1) is 11.3 Å². The van der Waals surface area contributed by atoms with Crippen LogP contribution in [-0.4, -0.2) is 29.8 Å². The van der Waals surface area contributed by atoms with Crippen LogP contribution in [0.4, 0.5) is 0 Å². The summed E-state index contributed by atoms with van der Waals surface area (Å²) in [7, 11) is -3.40. The summed E-state index contributed by atoms with van der Waals surface area (Å²) in [4.78, 5) is 0. The van der Waals surface area contributed by atoms with Crippen molar-refractivity contribution < 1.29 is 59.9 Å². The van der Waals surface area contributed by atoms with E-state index in [-0.39, 0.29) is 56.4 Å². The molecule has 0 fully saturated rings. The largest absolute Gasteiger partial charge is 2.00 e. The second-order valence-electron chi connectivity index (χ2n) is 11.9. The molecule has 0 aliphatic heterocycles. The Morgan fingerprint density at radius 2 is 1.36 bits per heavy atom. The van der Waals surface area contributed by atoms with E-state index in [1.54, 1.807) is 5.57 Å². The molecule has 0 radical (unpaired) electrons. The van der Waals surface area contributed by atoms with Gasteiger partial charge in [0.15, 0.2) is 16.6 Å². The van der Waals surface area contributed by atoms with Crippen molar-refractivity contribution in [2.45, 2.75) is 96.6 Å². The fourth-order valence-electron chi connectivity index (χ4n) is 7.29. The minimum Gasteiger partial charge on any atom is -1.00 e. The second-order valence-corrected chi connectivity index (χ2v) is 21.4. The zero-order valence-electron chi connectivity index (χ0n) is 26.7. The maximum Gasteiger partial charge on any atom is 2.00 e. The zero-order valence-corrected chi connectivity index (χ0v) is 32.7. The van der Waals surface area contributed by atoms with Gasteiger partial charge in [0.05, 0.1) is 0 Å². The van der Waals surface area contributed by atoms with Crippen molar-refractivity contribution in [3.8, 4) is 0 Å². The predicted octanol–water partition coefficient (Wildman–Crippen LogP) is 4.22. The molecule has 7 heteroatoms. The van der Waals surface area contributed by atoms with Gasteiger partial charge in [-0.25, -0.2) is 0 Å². The van der Waals surface area contributed by atoms with Crippen molar-refractivity contribution in [1.82, 2.24) is 0 Å². The number of hydrogen-bond donors (Lipinski definition) is 0. The average molecular weight is 723 g/mol. The summed E-state index contributed by atoms with van der Waals surface area (Å²) in [5, 5.41) is 0. The molecule has 1 aromatic rings. The van der Waals surface area contributed by atoms with Gasteiger partial charge in [0.1, 0.15) is 0 Å². The molecular weight excluding hydrogens is 671 g/mol. The van der Waals surface area contributed by atoms with Gasteiger partial charge >= 0.3 is 26.2 Å². The van der Waals surface area contributed by atoms with E-state index in [9.17, 15) is 0 Å². The van der Waals surface area contributed by atoms with Crippen LogP contribution >= 0.6 is 0 Å². The molecule has 0 amide bonds. The molecule has 0 N–H and O–H groups in total. The van der Waals surface area contributed by atoms with E-state index in [0.717, 1.165) is 26.1 Å². The Bertz CT molecular complexity index is 1120. The fourth-order valence-corrected chi connectivity index (χ4v) is 12.7. The summed E-state index contributed by atoms with van der Waals surface area (Å²) in [6, 6.07) is 16.2. The number of fused-ring (bicyclic) bond motifs is 2. The summed E-state index contributed by atoms with van der Waals surface area (Å²) in [6.45, 7) is 15.7. The monoisotopic (exact) mass is 720 g/mol. The predicted molar refractivity (Wildman–Crippen MR) is 174 cm³/mol. The molecule has 4 rings (SSSR count). The van der Waals surface area contributed by atoms with Crippen LogP contribution in [0.3, 0.4) is 0 Å². The van der Waals surface area contributed by atoms with E-state index >= 15 is 0 Å². The molecule has 0 saturated carbocycles. The van der Waals surface area contributed by atoms with Gasteiger partial charge in [-0.3, -0.25) is 0 Å². The van der Waals surface area contributed by atoms with Crippen LogP contribution in [0.2, 0.25) is 36.3 Å². The molecule has 0 heterocycles. The smallest absolute Gasteiger partial charge is 1.00 e. The van der Waals surface area contributed by atoms with Crippen LogP contribution in [-0.2, 0) is 35.1 Å². The van der Waals surface area contributed by atoms with Crippen LogP contribution in [0.1, 0.15) is 71.4 Å². The van der Waals surface area contributed by atoms with Gasteiger partial charge < -0.3 is 33.7 Å². The summed E-state index contributed by atoms with van der Waals surface area (Å²) >= 11 is 0. The van der Waals surface area contributed by atoms with Gasteiger partial charge in [0.2, 0.25) is 0 Å². The molecule has 0 bridgehead atoms. The van der Waals surface area contributed by atoms with E-state index in [2.05, 4.69) is 114 Å². The quantitative estimate of drug-likeness (QED) is 0.188. The molecule has 3 unspecified atom stereocenters. The van der Waals surface area contributed by atoms with E-state index in [1.807, 2.05) is 0 Å². The minimum atomic E-state index is -1.78. The van der Waals surface area contributed by atoms with Crippen LogP contribution < -0.4 is 24.8 Å². The third-order valence-electron chi connectivity index (χ3n) is 10.5. The van der Waals surface area contributed by atoms with Gasteiger partial charge in [-0.1, -0.05) is 114 Å². The maximum absolute atomic E-state index is 7.29. The molecular formula is C35H52Cl2O2Si2Zr. The first-order valence-corrected chi connectivity index (χ1v) is 20.8. The molecule has 3 atom stereocenters. The second kappa shape index (κ2) is 18.0. The Balaban J connectivity index is 0.00000294. The third-order valence-corrected chi connectivity index (χ3v) is 19.8. The first kappa shape index (κ1) is 39.8. The van der Waals surface area contributed by atoms with E-state index < -0.39 is 16.6 Å². The van der Waals surface area contributed by atoms with Gasteiger partial charge in [-0.05, 0) is 71.4 Å². The van der Waals surface area contributed by atoms with E-state index in [0.29, 0.717) is 11.8 Å².